The maximum Gasteiger partial charge on any atom is 0.222 e. The Morgan fingerprint density at radius 1 is 1.19 bits per heavy atom. The summed E-state index contributed by atoms with van der Waals surface area (Å²) in [6, 6.07) is 0. The van der Waals surface area contributed by atoms with Crippen LogP contribution >= 0.6 is 0 Å². The minimum Gasteiger partial charge on any atom is -0.357 e. The molecule has 3 nitrogen and oxygen atoms in total. The topological polar surface area (TPSA) is 37.8 Å². The van der Waals surface area contributed by atoms with E-state index in [4.69, 9.17) is 0 Å². The quantitative estimate of drug-likeness (QED) is 0.846. The first-order valence-electron chi connectivity index (χ1n) is 6.07. The lowest BCUT2D eigenvalue weighted by Gasteiger charge is -2.19. The Morgan fingerprint density at radius 2 is 1.81 bits per heavy atom. The van der Waals surface area contributed by atoms with Gasteiger partial charge in [-0.3, -0.25) is 0 Å². The van der Waals surface area contributed by atoms with Gasteiger partial charge in [0.25, 0.3) is 0 Å². The number of hydrogen-bond acceptors (Lipinski definition) is 3. The van der Waals surface area contributed by atoms with Gasteiger partial charge >= 0.3 is 0 Å². The number of aromatic nitrogens is 2. The van der Waals surface area contributed by atoms with Gasteiger partial charge in [-0.15, -0.1) is 0 Å². The summed E-state index contributed by atoms with van der Waals surface area (Å²) in [4.78, 5) is 9.09. The third kappa shape index (κ3) is 2.52. The molecule has 1 N–H and O–H groups in total. The SMILES string of the molecule is CCC(C)c1nc(NC)nc(C)c1C(C)C. The van der Waals surface area contributed by atoms with Crippen molar-refractivity contribution in [3.05, 3.63) is 17.0 Å². The highest BCUT2D eigenvalue weighted by Crippen LogP contribution is 2.29. The number of hydrogen-bond donors (Lipinski definition) is 1. The van der Waals surface area contributed by atoms with Crippen LogP contribution in [0.1, 0.15) is 62.9 Å². The molecule has 1 unspecified atom stereocenters. The lowest BCUT2D eigenvalue weighted by atomic mass is 9.92. The molecule has 0 bridgehead atoms. The summed E-state index contributed by atoms with van der Waals surface area (Å²) in [5.41, 5.74) is 3.62. The Labute approximate surface area is 98.7 Å². The summed E-state index contributed by atoms with van der Waals surface area (Å²) < 4.78 is 0. The molecule has 0 aliphatic carbocycles. The van der Waals surface area contributed by atoms with E-state index in [9.17, 15) is 0 Å². The highest BCUT2D eigenvalue weighted by Gasteiger charge is 2.17. The summed E-state index contributed by atoms with van der Waals surface area (Å²) >= 11 is 0. The summed E-state index contributed by atoms with van der Waals surface area (Å²) in [5, 5.41) is 3.03. The van der Waals surface area contributed by atoms with E-state index in [1.807, 2.05) is 7.05 Å². The monoisotopic (exact) mass is 221 g/mol. The van der Waals surface area contributed by atoms with Crippen LogP contribution in [0.2, 0.25) is 0 Å². The van der Waals surface area contributed by atoms with Crippen molar-refractivity contribution in [2.75, 3.05) is 12.4 Å². The molecule has 0 aliphatic heterocycles. The van der Waals surface area contributed by atoms with Gasteiger partial charge in [-0.25, -0.2) is 9.97 Å². The fourth-order valence-electron chi connectivity index (χ4n) is 2.00. The molecule has 0 aromatic carbocycles. The lowest BCUT2D eigenvalue weighted by Crippen LogP contribution is -2.11. The summed E-state index contributed by atoms with van der Waals surface area (Å²) in [6.07, 6.45) is 1.11. The van der Waals surface area contributed by atoms with E-state index in [1.165, 1.54) is 11.3 Å². The van der Waals surface area contributed by atoms with Crippen molar-refractivity contribution >= 4 is 5.95 Å². The van der Waals surface area contributed by atoms with Crippen molar-refractivity contribution in [3.63, 3.8) is 0 Å². The summed E-state index contributed by atoms with van der Waals surface area (Å²) in [6.45, 7) is 10.9. The van der Waals surface area contributed by atoms with Gasteiger partial charge in [0.1, 0.15) is 0 Å². The van der Waals surface area contributed by atoms with Crippen molar-refractivity contribution < 1.29 is 0 Å². The van der Waals surface area contributed by atoms with Crippen LogP contribution in [0.25, 0.3) is 0 Å². The number of anilines is 1. The summed E-state index contributed by atoms with van der Waals surface area (Å²) in [7, 11) is 1.87. The van der Waals surface area contributed by atoms with Crippen molar-refractivity contribution in [1.29, 1.82) is 0 Å². The van der Waals surface area contributed by atoms with E-state index in [2.05, 4.69) is 49.9 Å². The fourth-order valence-corrected chi connectivity index (χ4v) is 2.00. The van der Waals surface area contributed by atoms with Crippen LogP contribution < -0.4 is 5.32 Å². The van der Waals surface area contributed by atoms with Crippen LogP contribution in [0, 0.1) is 6.92 Å². The smallest absolute Gasteiger partial charge is 0.222 e. The van der Waals surface area contributed by atoms with Gasteiger partial charge < -0.3 is 5.32 Å². The predicted octanol–water partition coefficient (Wildman–Crippen LogP) is 3.46. The molecule has 1 heterocycles. The predicted molar refractivity (Wildman–Crippen MR) is 69.1 cm³/mol. The third-order valence-corrected chi connectivity index (χ3v) is 3.05. The van der Waals surface area contributed by atoms with Crippen LogP contribution in [0.15, 0.2) is 0 Å². The van der Waals surface area contributed by atoms with E-state index in [1.54, 1.807) is 0 Å². The molecular weight excluding hydrogens is 198 g/mol. The molecular formula is C13H23N3. The molecule has 1 aromatic rings. The lowest BCUT2D eigenvalue weighted by molar-refractivity contribution is 0.672. The first-order valence-corrected chi connectivity index (χ1v) is 6.07. The molecule has 0 fully saturated rings. The third-order valence-electron chi connectivity index (χ3n) is 3.05. The largest absolute Gasteiger partial charge is 0.357 e. The molecule has 1 aromatic heterocycles. The van der Waals surface area contributed by atoms with Crippen LogP contribution in [0.5, 0.6) is 0 Å². The Hall–Kier alpha value is -1.12. The van der Waals surface area contributed by atoms with E-state index in [0.717, 1.165) is 18.1 Å². The second-order valence-corrected chi connectivity index (χ2v) is 4.65. The zero-order chi connectivity index (χ0) is 12.3. The Kier molecular flexibility index (Phi) is 4.27. The summed E-state index contributed by atoms with van der Waals surface area (Å²) in [5.74, 6) is 1.71. The molecule has 90 valence electrons. The number of nitrogens with one attached hydrogen (secondary N) is 1. The maximum absolute atomic E-state index is 4.62. The minimum atomic E-state index is 0.481. The van der Waals surface area contributed by atoms with Gasteiger partial charge in [0.15, 0.2) is 0 Å². The molecule has 0 radical (unpaired) electrons. The first kappa shape index (κ1) is 12.9. The van der Waals surface area contributed by atoms with Crippen LogP contribution in [-0.2, 0) is 0 Å². The number of aryl methyl sites for hydroxylation is 1. The second kappa shape index (κ2) is 5.28. The van der Waals surface area contributed by atoms with Gasteiger partial charge in [-0.05, 0) is 30.7 Å². The normalized spacial score (nSPS) is 12.9. The van der Waals surface area contributed by atoms with Gasteiger partial charge in [0.05, 0.1) is 5.69 Å². The van der Waals surface area contributed by atoms with Crippen LogP contribution in [0.4, 0.5) is 5.95 Å². The molecule has 0 spiro atoms. The molecule has 3 heteroatoms. The average molecular weight is 221 g/mol. The van der Waals surface area contributed by atoms with Crippen molar-refractivity contribution in [1.82, 2.24) is 9.97 Å². The van der Waals surface area contributed by atoms with Crippen molar-refractivity contribution in [3.8, 4) is 0 Å². The fraction of sp³-hybridized carbons (Fsp3) is 0.692. The maximum atomic E-state index is 4.62. The Morgan fingerprint density at radius 3 is 2.25 bits per heavy atom. The molecule has 1 rings (SSSR count). The van der Waals surface area contributed by atoms with Crippen molar-refractivity contribution in [2.24, 2.45) is 0 Å². The Bertz CT molecular complexity index is 358. The molecule has 1 atom stereocenters. The molecule has 0 saturated carbocycles. The van der Waals surface area contributed by atoms with E-state index < -0.39 is 0 Å². The van der Waals surface area contributed by atoms with Gasteiger partial charge in [0.2, 0.25) is 5.95 Å². The second-order valence-electron chi connectivity index (χ2n) is 4.65. The van der Waals surface area contributed by atoms with Gasteiger partial charge in [-0.1, -0.05) is 27.7 Å². The van der Waals surface area contributed by atoms with Crippen LogP contribution in [-0.4, -0.2) is 17.0 Å². The standard InChI is InChI=1S/C13H23N3/c1-7-9(4)12-11(8(2)3)10(5)15-13(14-6)16-12/h8-9H,7H2,1-6H3,(H,14,15,16). The van der Waals surface area contributed by atoms with Gasteiger partial charge in [0, 0.05) is 12.7 Å². The highest BCUT2D eigenvalue weighted by molar-refractivity contribution is 5.37. The number of nitrogens with zero attached hydrogens (tertiary/aromatic N) is 2. The first-order chi connectivity index (χ1) is 7.51. The molecule has 0 amide bonds. The number of rotatable bonds is 4. The van der Waals surface area contributed by atoms with Crippen molar-refractivity contribution in [2.45, 2.75) is 52.9 Å². The highest BCUT2D eigenvalue weighted by atomic mass is 15.1. The molecule has 16 heavy (non-hydrogen) atoms. The average Bonchev–Trinajstić information content (AvgIpc) is 2.26. The van der Waals surface area contributed by atoms with E-state index >= 15 is 0 Å². The zero-order valence-corrected chi connectivity index (χ0v) is 11.3. The minimum absolute atomic E-state index is 0.481. The van der Waals surface area contributed by atoms with E-state index in [-0.39, 0.29) is 0 Å². The van der Waals surface area contributed by atoms with E-state index in [0.29, 0.717) is 11.8 Å². The van der Waals surface area contributed by atoms with Crippen LogP contribution in [0.3, 0.4) is 0 Å². The zero-order valence-electron chi connectivity index (χ0n) is 11.3. The van der Waals surface area contributed by atoms with Gasteiger partial charge in [-0.2, -0.15) is 0 Å². The Balaban J connectivity index is 3.34. The molecule has 0 aliphatic rings. The molecule has 0 saturated heterocycles.